The molecule has 1 fully saturated rings. The quantitative estimate of drug-likeness (QED) is 0.759. The van der Waals surface area contributed by atoms with Crippen LogP contribution in [-0.2, 0) is 6.54 Å². The Morgan fingerprint density at radius 3 is 3.05 bits per heavy atom. The molecule has 2 heterocycles. The summed E-state index contributed by atoms with van der Waals surface area (Å²) in [6, 6.07) is 6.70. The molecule has 0 amide bonds. The van der Waals surface area contributed by atoms with Gasteiger partial charge in [0.05, 0.1) is 5.69 Å². The highest BCUT2D eigenvalue weighted by Crippen LogP contribution is 2.18. The molecule has 1 aliphatic rings. The SMILES string of the molecule is CC1CN(Cc2ccccn2)CCC1NCCCO. The molecule has 4 nitrogen and oxygen atoms in total. The Balaban J connectivity index is 1.76. The number of likely N-dealkylation sites (tertiary alicyclic amines) is 1. The summed E-state index contributed by atoms with van der Waals surface area (Å²) in [6.07, 6.45) is 3.89. The van der Waals surface area contributed by atoms with Crippen molar-refractivity contribution in [2.24, 2.45) is 5.92 Å². The van der Waals surface area contributed by atoms with Crippen molar-refractivity contribution in [3.63, 3.8) is 0 Å². The third kappa shape index (κ3) is 4.56. The van der Waals surface area contributed by atoms with Crippen molar-refractivity contribution in [1.29, 1.82) is 0 Å². The van der Waals surface area contributed by atoms with Crippen LogP contribution in [-0.4, -0.2) is 47.3 Å². The minimum absolute atomic E-state index is 0.278. The average molecular weight is 263 g/mol. The zero-order valence-corrected chi connectivity index (χ0v) is 11.8. The summed E-state index contributed by atoms with van der Waals surface area (Å²) in [6.45, 7) is 6.70. The van der Waals surface area contributed by atoms with E-state index in [1.54, 1.807) is 0 Å². The summed E-state index contributed by atoms with van der Waals surface area (Å²) < 4.78 is 0. The molecule has 1 aliphatic heterocycles. The molecular formula is C15H25N3O. The molecule has 19 heavy (non-hydrogen) atoms. The molecule has 0 radical (unpaired) electrons. The van der Waals surface area contributed by atoms with E-state index >= 15 is 0 Å². The first-order valence-corrected chi connectivity index (χ1v) is 7.26. The van der Waals surface area contributed by atoms with Gasteiger partial charge in [0.1, 0.15) is 0 Å². The molecule has 1 aromatic heterocycles. The number of nitrogens with zero attached hydrogens (tertiary/aromatic N) is 2. The molecular weight excluding hydrogens is 238 g/mol. The van der Waals surface area contributed by atoms with Gasteiger partial charge in [0, 0.05) is 38.5 Å². The highest BCUT2D eigenvalue weighted by molar-refractivity contribution is 5.03. The highest BCUT2D eigenvalue weighted by Gasteiger charge is 2.25. The van der Waals surface area contributed by atoms with Crippen LogP contribution in [0, 0.1) is 5.92 Å². The van der Waals surface area contributed by atoms with Crippen LogP contribution in [0.25, 0.3) is 0 Å². The van der Waals surface area contributed by atoms with Crippen LogP contribution >= 0.6 is 0 Å². The van der Waals surface area contributed by atoms with Gasteiger partial charge in [0.15, 0.2) is 0 Å². The lowest BCUT2D eigenvalue weighted by atomic mass is 9.93. The molecule has 0 spiro atoms. The van der Waals surface area contributed by atoms with Crippen LogP contribution in [0.4, 0.5) is 0 Å². The van der Waals surface area contributed by atoms with Gasteiger partial charge in [-0.25, -0.2) is 0 Å². The zero-order valence-electron chi connectivity index (χ0n) is 11.8. The van der Waals surface area contributed by atoms with E-state index in [1.807, 2.05) is 12.3 Å². The maximum atomic E-state index is 8.81. The second-order valence-electron chi connectivity index (χ2n) is 5.46. The molecule has 0 bridgehead atoms. The number of nitrogens with one attached hydrogen (secondary N) is 1. The van der Waals surface area contributed by atoms with E-state index in [-0.39, 0.29) is 6.61 Å². The third-order valence-electron chi connectivity index (χ3n) is 3.84. The Labute approximate surface area is 115 Å². The molecule has 4 heteroatoms. The number of aliphatic hydroxyl groups excluding tert-OH is 1. The van der Waals surface area contributed by atoms with Crippen LogP contribution in [0.5, 0.6) is 0 Å². The number of aromatic nitrogens is 1. The lowest BCUT2D eigenvalue weighted by molar-refractivity contribution is 0.138. The van der Waals surface area contributed by atoms with Gasteiger partial charge in [-0.1, -0.05) is 13.0 Å². The van der Waals surface area contributed by atoms with E-state index in [9.17, 15) is 0 Å². The molecule has 1 aromatic rings. The van der Waals surface area contributed by atoms with Gasteiger partial charge < -0.3 is 10.4 Å². The number of hydrogen-bond acceptors (Lipinski definition) is 4. The minimum atomic E-state index is 0.278. The summed E-state index contributed by atoms with van der Waals surface area (Å²) in [5.41, 5.74) is 1.15. The van der Waals surface area contributed by atoms with E-state index in [4.69, 9.17) is 5.11 Å². The van der Waals surface area contributed by atoms with Gasteiger partial charge in [0.25, 0.3) is 0 Å². The molecule has 0 aliphatic carbocycles. The lowest BCUT2D eigenvalue weighted by Crippen LogP contribution is -2.48. The Hall–Kier alpha value is -0.970. The second kappa shape index (κ2) is 7.58. The van der Waals surface area contributed by atoms with Gasteiger partial charge >= 0.3 is 0 Å². The van der Waals surface area contributed by atoms with E-state index < -0.39 is 0 Å². The van der Waals surface area contributed by atoms with Gasteiger partial charge in [-0.05, 0) is 37.4 Å². The Morgan fingerprint density at radius 1 is 1.47 bits per heavy atom. The summed E-state index contributed by atoms with van der Waals surface area (Å²) in [7, 11) is 0. The molecule has 1 saturated heterocycles. The number of rotatable bonds is 6. The predicted octanol–water partition coefficient (Wildman–Crippen LogP) is 1.26. The van der Waals surface area contributed by atoms with E-state index in [0.717, 1.165) is 38.3 Å². The largest absolute Gasteiger partial charge is 0.396 e. The summed E-state index contributed by atoms with van der Waals surface area (Å²) in [5, 5.41) is 12.4. The molecule has 2 N–H and O–H groups in total. The first-order valence-electron chi connectivity index (χ1n) is 7.26. The number of piperidine rings is 1. The fourth-order valence-electron chi connectivity index (χ4n) is 2.77. The molecule has 0 aromatic carbocycles. The maximum Gasteiger partial charge on any atom is 0.0543 e. The van der Waals surface area contributed by atoms with E-state index in [0.29, 0.717) is 12.0 Å². The van der Waals surface area contributed by atoms with Crippen LogP contribution in [0.15, 0.2) is 24.4 Å². The van der Waals surface area contributed by atoms with Crippen molar-refractivity contribution >= 4 is 0 Å². The Bertz CT molecular complexity index is 358. The van der Waals surface area contributed by atoms with Gasteiger partial charge in [-0.3, -0.25) is 9.88 Å². The first kappa shape index (κ1) is 14.4. The van der Waals surface area contributed by atoms with Crippen molar-refractivity contribution in [3.8, 4) is 0 Å². The zero-order chi connectivity index (χ0) is 13.5. The Morgan fingerprint density at radius 2 is 2.37 bits per heavy atom. The fourth-order valence-corrected chi connectivity index (χ4v) is 2.77. The van der Waals surface area contributed by atoms with E-state index in [2.05, 4.69) is 34.3 Å². The summed E-state index contributed by atoms with van der Waals surface area (Å²) >= 11 is 0. The van der Waals surface area contributed by atoms with Crippen molar-refractivity contribution in [2.45, 2.75) is 32.4 Å². The van der Waals surface area contributed by atoms with Crippen LogP contribution in [0.3, 0.4) is 0 Å². The fraction of sp³-hybridized carbons (Fsp3) is 0.667. The van der Waals surface area contributed by atoms with Crippen molar-refractivity contribution < 1.29 is 5.11 Å². The maximum absolute atomic E-state index is 8.81. The molecule has 106 valence electrons. The monoisotopic (exact) mass is 263 g/mol. The van der Waals surface area contributed by atoms with Gasteiger partial charge in [0.2, 0.25) is 0 Å². The molecule has 2 rings (SSSR count). The molecule has 0 saturated carbocycles. The van der Waals surface area contributed by atoms with Crippen molar-refractivity contribution in [3.05, 3.63) is 30.1 Å². The topological polar surface area (TPSA) is 48.4 Å². The van der Waals surface area contributed by atoms with Crippen molar-refractivity contribution in [1.82, 2.24) is 15.2 Å². The van der Waals surface area contributed by atoms with Crippen molar-refractivity contribution in [2.75, 3.05) is 26.2 Å². The van der Waals surface area contributed by atoms with Crippen LogP contribution in [0.2, 0.25) is 0 Å². The molecule has 2 atom stereocenters. The number of hydrogen-bond donors (Lipinski definition) is 2. The smallest absolute Gasteiger partial charge is 0.0543 e. The van der Waals surface area contributed by atoms with E-state index in [1.165, 1.54) is 6.42 Å². The average Bonchev–Trinajstić information content (AvgIpc) is 2.43. The van der Waals surface area contributed by atoms with Gasteiger partial charge in [-0.2, -0.15) is 0 Å². The second-order valence-corrected chi connectivity index (χ2v) is 5.46. The predicted molar refractivity (Wildman–Crippen MR) is 76.8 cm³/mol. The summed E-state index contributed by atoms with van der Waals surface area (Å²) in [5.74, 6) is 0.649. The number of pyridine rings is 1. The summed E-state index contributed by atoms with van der Waals surface area (Å²) in [4.78, 5) is 6.88. The van der Waals surface area contributed by atoms with Crippen LogP contribution < -0.4 is 5.32 Å². The lowest BCUT2D eigenvalue weighted by Gasteiger charge is -2.37. The van der Waals surface area contributed by atoms with Gasteiger partial charge in [-0.15, -0.1) is 0 Å². The van der Waals surface area contributed by atoms with Crippen LogP contribution in [0.1, 0.15) is 25.5 Å². The first-order chi connectivity index (χ1) is 9.29. The normalized spacial score (nSPS) is 24.5. The Kier molecular flexibility index (Phi) is 5.76. The molecule has 2 unspecified atom stereocenters. The highest BCUT2D eigenvalue weighted by atomic mass is 16.3. The minimum Gasteiger partial charge on any atom is -0.396 e. The third-order valence-corrected chi connectivity index (χ3v) is 3.84. The number of aliphatic hydroxyl groups is 1. The standard InChI is InChI=1S/C15H25N3O/c1-13-11-18(12-14-5-2-3-7-16-14)9-6-15(13)17-8-4-10-19/h2-3,5,7,13,15,17,19H,4,6,8-12H2,1H3.